The molecule has 2 aliphatic rings. The van der Waals surface area contributed by atoms with Gasteiger partial charge in [0.1, 0.15) is 0 Å². The van der Waals surface area contributed by atoms with E-state index in [-0.39, 0.29) is 6.04 Å². The van der Waals surface area contributed by atoms with Crippen molar-refractivity contribution >= 4 is 37.7 Å². The number of nitrogens with zero attached hydrogens (tertiary/aromatic N) is 5. The van der Waals surface area contributed by atoms with Gasteiger partial charge in [-0.2, -0.15) is 18.0 Å². The molecule has 1 aromatic heterocycles. The number of para-hydroxylation sites is 1. The van der Waals surface area contributed by atoms with E-state index in [1.165, 1.54) is 4.31 Å². The molecule has 3 aromatic rings. The normalized spacial score (nSPS) is 22.4. The van der Waals surface area contributed by atoms with Gasteiger partial charge < -0.3 is 9.47 Å². The van der Waals surface area contributed by atoms with Crippen LogP contribution in [0.4, 0.5) is 5.69 Å². The number of likely N-dealkylation sites (tertiary alicyclic amines) is 1. The van der Waals surface area contributed by atoms with Crippen LogP contribution in [-0.4, -0.2) is 54.4 Å². The molecule has 1 atom stereocenters. The standard InChI is InChI=1S/C20H21N5O2S/c1-22-19-5-3-2-4-17(19)18-12-15(6-7-20(18)22)24-10-11-25(28(24,26)27)16-8-9-23(13-16)14-21/h2-7,12,16H,8-11,13H2,1H3/t16-/m1/s1. The number of nitriles is 1. The largest absolute Gasteiger partial charge is 0.344 e. The molecule has 8 heteroatoms. The highest BCUT2D eigenvalue weighted by molar-refractivity contribution is 7.90. The third kappa shape index (κ3) is 2.40. The maximum absolute atomic E-state index is 13.2. The second kappa shape index (κ2) is 6.12. The van der Waals surface area contributed by atoms with Crippen molar-refractivity contribution in [3.8, 4) is 6.19 Å². The highest BCUT2D eigenvalue weighted by atomic mass is 32.2. The zero-order valence-corrected chi connectivity index (χ0v) is 16.4. The monoisotopic (exact) mass is 395 g/mol. The van der Waals surface area contributed by atoms with Crippen LogP contribution in [0.1, 0.15) is 6.42 Å². The summed E-state index contributed by atoms with van der Waals surface area (Å²) in [5.74, 6) is 0. The topological polar surface area (TPSA) is 72.6 Å². The number of benzene rings is 2. The van der Waals surface area contributed by atoms with E-state index >= 15 is 0 Å². The molecule has 0 saturated carbocycles. The Morgan fingerprint density at radius 1 is 1.04 bits per heavy atom. The lowest BCUT2D eigenvalue weighted by Crippen LogP contribution is -2.41. The van der Waals surface area contributed by atoms with Crippen molar-refractivity contribution in [1.29, 1.82) is 5.26 Å². The molecule has 3 heterocycles. The molecule has 2 aromatic carbocycles. The molecule has 0 aliphatic carbocycles. The van der Waals surface area contributed by atoms with Gasteiger partial charge in [-0.15, -0.1) is 0 Å². The van der Waals surface area contributed by atoms with E-state index in [4.69, 9.17) is 5.26 Å². The van der Waals surface area contributed by atoms with Crippen molar-refractivity contribution in [1.82, 2.24) is 13.8 Å². The fraction of sp³-hybridized carbons (Fsp3) is 0.350. The fourth-order valence-corrected chi connectivity index (χ4v) is 6.37. The first-order valence-electron chi connectivity index (χ1n) is 9.42. The van der Waals surface area contributed by atoms with Gasteiger partial charge in [-0.25, -0.2) is 0 Å². The summed E-state index contributed by atoms with van der Waals surface area (Å²) in [5.41, 5.74) is 2.91. The highest BCUT2D eigenvalue weighted by Crippen LogP contribution is 2.34. The zero-order valence-electron chi connectivity index (χ0n) is 15.6. The van der Waals surface area contributed by atoms with Crippen molar-refractivity contribution in [3.05, 3.63) is 42.5 Å². The summed E-state index contributed by atoms with van der Waals surface area (Å²) in [6.07, 6.45) is 2.82. The van der Waals surface area contributed by atoms with Gasteiger partial charge in [-0.1, -0.05) is 18.2 Å². The van der Waals surface area contributed by atoms with Crippen LogP contribution >= 0.6 is 0 Å². The smallest absolute Gasteiger partial charge is 0.304 e. The Kier molecular flexibility index (Phi) is 3.79. The number of fused-ring (bicyclic) bond motifs is 3. The second-order valence-electron chi connectivity index (χ2n) is 7.46. The average molecular weight is 395 g/mol. The van der Waals surface area contributed by atoms with Crippen LogP contribution in [0.2, 0.25) is 0 Å². The third-order valence-electron chi connectivity index (χ3n) is 6.00. The summed E-state index contributed by atoms with van der Waals surface area (Å²) in [7, 11) is -1.56. The van der Waals surface area contributed by atoms with Crippen LogP contribution < -0.4 is 4.31 Å². The van der Waals surface area contributed by atoms with Crippen LogP contribution in [0.25, 0.3) is 21.8 Å². The predicted molar refractivity (Wildman–Crippen MR) is 109 cm³/mol. The lowest BCUT2D eigenvalue weighted by atomic mass is 10.1. The lowest BCUT2D eigenvalue weighted by molar-refractivity contribution is 0.345. The van der Waals surface area contributed by atoms with E-state index in [1.54, 1.807) is 9.21 Å². The van der Waals surface area contributed by atoms with Crippen molar-refractivity contribution < 1.29 is 8.42 Å². The number of aromatic nitrogens is 1. The van der Waals surface area contributed by atoms with E-state index < -0.39 is 10.2 Å². The number of anilines is 1. The lowest BCUT2D eigenvalue weighted by Gasteiger charge is -2.24. The van der Waals surface area contributed by atoms with Crippen LogP contribution in [0.5, 0.6) is 0 Å². The molecule has 0 spiro atoms. The molecule has 28 heavy (non-hydrogen) atoms. The SMILES string of the molecule is Cn1c2ccccc2c2cc(N3CCN([C@@H]4CCN(C#N)C4)S3(=O)=O)ccc21. The first-order valence-corrected chi connectivity index (χ1v) is 10.8. The first kappa shape index (κ1) is 17.3. The molecule has 0 unspecified atom stereocenters. The molecule has 0 bridgehead atoms. The summed E-state index contributed by atoms with van der Waals surface area (Å²) < 4.78 is 31.7. The van der Waals surface area contributed by atoms with Crippen LogP contribution in [0.15, 0.2) is 42.5 Å². The Morgan fingerprint density at radius 3 is 2.61 bits per heavy atom. The summed E-state index contributed by atoms with van der Waals surface area (Å²) in [6, 6.07) is 13.9. The molecule has 2 saturated heterocycles. The first-order chi connectivity index (χ1) is 13.5. The highest BCUT2D eigenvalue weighted by Gasteiger charge is 2.43. The Balaban J connectivity index is 1.54. The molecule has 144 valence electrons. The molecular formula is C20H21N5O2S. The van der Waals surface area contributed by atoms with Gasteiger partial charge in [0.25, 0.3) is 0 Å². The molecule has 0 radical (unpaired) electrons. The maximum atomic E-state index is 13.2. The summed E-state index contributed by atoms with van der Waals surface area (Å²) >= 11 is 0. The van der Waals surface area contributed by atoms with Gasteiger partial charge in [0.2, 0.25) is 0 Å². The quantitative estimate of drug-likeness (QED) is 0.624. The number of rotatable bonds is 2. The van der Waals surface area contributed by atoms with Gasteiger partial charge in [0, 0.05) is 61.1 Å². The third-order valence-corrected chi connectivity index (χ3v) is 8.02. The maximum Gasteiger partial charge on any atom is 0.304 e. The van der Waals surface area contributed by atoms with E-state index in [2.05, 4.69) is 22.9 Å². The summed E-state index contributed by atoms with van der Waals surface area (Å²) in [6.45, 7) is 1.99. The van der Waals surface area contributed by atoms with Gasteiger partial charge in [0.15, 0.2) is 6.19 Å². The Bertz CT molecular complexity index is 1230. The molecular weight excluding hydrogens is 374 g/mol. The number of aryl methyl sites for hydroxylation is 1. The van der Waals surface area contributed by atoms with Crippen LogP contribution in [0, 0.1) is 11.5 Å². The molecule has 7 nitrogen and oxygen atoms in total. The van der Waals surface area contributed by atoms with E-state index in [0.717, 1.165) is 21.8 Å². The molecule has 0 N–H and O–H groups in total. The van der Waals surface area contributed by atoms with Crippen molar-refractivity contribution in [3.63, 3.8) is 0 Å². The molecule has 0 amide bonds. The molecule has 2 fully saturated rings. The number of hydrogen-bond acceptors (Lipinski definition) is 4. The minimum Gasteiger partial charge on any atom is -0.344 e. The molecule has 2 aliphatic heterocycles. The minimum absolute atomic E-state index is 0.129. The number of hydrogen-bond donors (Lipinski definition) is 0. The van der Waals surface area contributed by atoms with Crippen molar-refractivity contribution in [2.45, 2.75) is 12.5 Å². The van der Waals surface area contributed by atoms with Crippen LogP contribution in [0.3, 0.4) is 0 Å². The van der Waals surface area contributed by atoms with Gasteiger partial charge in [0.05, 0.1) is 5.69 Å². The second-order valence-corrected chi connectivity index (χ2v) is 9.26. The van der Waals surface area contributed by atoms with Crippen LogP contribution in [-0.2, 0) is 17.3 Å². The van der Waals surface area contributed by atoms with Gasteiger partial charge >= 0.3 is 10.2 Å². The Hall–Kier alpha value is -2.76. The van der Waals surface area contributed by atoms with E-state index in [1.807, 2.05) is 37.4 Å². The average Bonchev–Trinajstić information content (AvgIpc) is 3.37. The van der Waals surface area contributed by atoms with Crippen molar-refractivity contribution in [2.75, 3.05) is 30.5 Å². The van der Waals surface area contributed by atoms with Gasteiger partial charge in [-0.05, 0) is 30.7 Å². The Morgan fingerprint density at radius 2 is 1.82 bits per heavy atom. The van der Waals surface area contributed by atoms with Gasteiger partial charge in [-0.3, -0.25) is 4.31 Å². The van der Waals surface area contributed by atoms with E-state index in [9.17, 15) is 8.42 Å². The fourth-order valence-electron chi connectivity index (χ4n) is 4.56. The minimum atomic E-state index is -3.59. The Labute approximate surface area is 164 Å². The summed E-state index contributed by atoms with van der Waals surface area (Å²) in [4.78, 5) is 1.63. The predicted octanol–water partition coefficient (Wildman–Crippen LogP) is 2.25. The van der Waals surface area contributed by atoms with E-state index in [0.29, 0.717) is 38.3 Å². The summed E-state index contributed by atoms with van der Waals surface area (Å²) in [5, 5.41) is 11.2. The molecule has 5 rings (SSSR count). The zero-order chi connectivity index (χ0) is 19.5. The van der Waals surface area contributed by atoms with Crippen molar-refractivity contribution in [2.24, 2.45) is 7.05 Å².